The van der Waals surface area contributed by atoms with Crippen LogP contribution >= 0.6 is 11.3 Å². The van der Waals surface area contributed by atoms with Crippen LogP contribution in [-0.2, 0) is 4.79 Å². The Morgan fingerprint density at radius 2 is 1.95 bits per heavy atom. The molecule has 6 heteroatoms. The van der Waals surface area contributed by atoms with Gasteiger partial charge in [0.25, 0.3) is 5.91 Å². The number of piperazine rings is 1. The van der Waals surface area contributed by atoms with E-state index in [-0.39, 0.29) is 17.7 Å². The van der Waals surface area contributed by atoms with Gasteiger partial charge in [-0.3, -0.25) is 9.59 Å². The van der Waals surface area contributed by atoms with Gasteiger partial charge < -0.3 is 15.1 Å². The first-order chi connectivity index (χ1) is 10.6. The van der Waals surface area contributed by atoms with E-state index in [0.29, 0.717) is 32.2 Å². The van der Waals surface area contributed by atoms with Crippen LogP contribution in [0.4, 0.5) is 0 Å². The van der Waals surface area contributed by atoms with E-state index in [9.17, 15) is 9.59 Å². The molecular weight excluding hydrogens is 298 g/mol. The molecule has 2 amide bonds. The smallest absolute Gasteiger partial charge is 0.264 e. The van der Waals surface area contributed by atoms with E-state index in [4.69, 9.17) is 0 Å². The highest BCUT2D eigenvalue weighted by Crippen LogP contribution is 2.20. The van der Waals surface area contributed by atoms with Crippen LogP contribution in [0.15, 0.2) is 17.5 Å². The van der Waals surface area contributed by atoms with Crippen molar-refractivity contribution in [2.45, 2.75) is 25.8 Å². The van der Waals surface area contributed by atoms with Crippen LogP contribution in [0.3, 0.4) is 0 Å². The van der Waals surface area contributed by atoms with Gasteiger partial charge in [0.05, 0.1) is 4.88 Å². The Labute approximate surface area is 135 Å². The van der Waals surface area contributed by atoms with Gasteiger partial charge in [-0.05, 0) is 37.8 Å². The second-order valence-electron chi connectivity index (χ2n) is 6.17. The third-order valence-electron chi connectivity index (χ3n) is 4.58. The minimum absolute atomic E-state index is 0.0950. The Morgan fingerprint density at radius 3 is 2.59 bits per heavy atom. The number of thiophene rings is 1. The highest BCUT2D eigenvalue weighted by molar-refractivity contribution is 7.12. The maximum Gasteiger partial charge on any atom is 0.264 e. The van der Waals surface area contributed by atoms with Gasteiger partial charge in [-0.1, -0.05) is 6.07 Å². The minimum atomic E-state index is 0.0950. The summed E-state index contributed by atoms with van der Waals surface area (Å²) in [6.07, 6.45) is 1.85. The van der Waals surface area contributed by atoms with E-state index in [1.165, 1.54) is 11.3 Å². The highest BCUT2D eigenvalue weighted by Gasteiger charge is 2.31. The fraction of sp³-hybridized carbons (Fsp3) is 0.625. The average molecular weight is 321 g/mol. The van der Waals surface area contributed by atoms with Crippen LogP contribution in [0.5, 0.6) is 0 Å². The molecule has 0 aliphatic carbocycles. The Hall–Kier alpha value is -1.40. The van der Waals surface area contributed by atoms with Gasteiger partial charge in [0, 0.05) is 38.1 Å². The third kappa shape index (κ3) is 3.33. The predicted molar refractivity (Wildman–Crippen MR) is 87.0 cm³/mol. The molecule has 3 heterocycles. The van der Waals surface area contributed by atoms with Gasteiger partial charge in [0.2, 0.25) is 5.91 Å². The Morgan fingerprint density at radius 1 is 1.23 bits per heavy atom. The van der Waals surface area contributed by atoms with E-state index in [0.717, 1.165) is 24.3 Å². The topological polar surface area (TPSA) is 52.7 Å². The lowest BCUT2D eigenvalue weighted by molar-refractivity contribution is -0.138. The second kappa shape index (κ2) is 6.79. The van der Waals surface area contributed by atoms with E-state index in [2.05, 4.69) is 12.2 Å². The van der Waals surface area contributed by atoms with E-state index < -0.39 is 0 Å². The van der Waals surface area contributed by atoms with E-state index in [1.54, 1.807) is 0 Å². The number of hydrogen-bond acceptors (Lipinski definition) is 4. The molecule has 2 atom stereocenters. The maximum atomic E-state index is 12.6. The molecule has 2 saturated heterocycles. The van der Waals surface area contributed by atoms with Crippen molar-refractivity contribution in [3.63, 3.8) is 0 Å². The Bertz CT molecular complexity index is 524. The molecule has 0 spiro atoms. The molecule has 3 rings (SSSR count). The van der Waals surface area contributed by atoms with Crippen molar-refractivity contribution in [2.75, 3.05) is 32.7 Å². The minimum Gasteiger partial charge on any atom is -0.339 e. The first-order valence-corrected chi connectivity index (χ1v) is 8.88. The largest absolute Gasteiger partial charge is 0.339 e. The quantitative estimate of drug-likeness (QED) is 0.896. The van der Waals surface area contributed by atoms with Crippen LogP contribution in [0, 0.1) is 5.92 Å². The summed E-state index contributed by atoms with van der Waals surface area (Å²) in [6.45, 7) is 5.67. The SMILES string of the molecule is C[C@H]1C[C@@H](C(=O)N2CCN(C(=O)c3cccs3)CC2)CCN1. The van der Waals surface area contributed by atoms with Crippen molar-refractivity contribution in [1.29, 1.82) is 0 Å². The van der Waals surface area contributed by atoms with Crippen molar-refractivity contribution in [3.8, 4) is 0 Å². The summed E-state index contributed by atoms with van der Waals surface area (Å²) in [5.41, 5.74) is 0. The maximum absolute atomic E-state index is 12.6. The molecule has 2 fully saturated rings. The number of carbonyl (C=O) groups is 2. The zero-order chi connectivity index (χ0) is 15.5. The van der Waals surface area contributed by atoms with Gasteiger partial charge in [0.1, 0.15) is 0 Å². The third-order valence-corrected chi connectivity index (χ3v) is 5.44. The van der Waals surface area contributed by atoms with Crippen LogP contribution in [0.25, 0.3) is 0 Å². The van der Waals surface area contributed by atoms with Gasteiger partial charge in [0.15, 0.2) is 0 Å². The number of nitrogens with zero attached hydrogens (tertiary/aromatic N) is 2. The monoisotopic (exact) mass is 321 g/mol. The molecule has 0 aromatic carbocycles. The lowest BCUT2D eigenvalue weighted by Crippen LogP contribution is -2.53. The number of nitrogens with one attached hydrogen (secondary N) is 1. The summed E-state index contributed by atoms with van der Waals surface area (Å²) < 4.78 is 0. The predicted octanol–water partition coefficient (Wildman–Crippen LogP) is 1.42. The summed E-state index contributed by atoms with van der Waals surface area (Å²) >= 11 is 1.48. The number of hydrogen-bond donors (Lipinski definition) is 1. The zero-order valence-electron chi connectivity index (χ0n) is 13.0. The average Bonchev–Trinajstić information content (AvgIpc) is 3.08. The molecule has 0 saturated carbocycles. The normalized spacial score (nSPS) is 26.0. The highest BCUT2D eigenvalue weighted by atomic mass is 32.1. The van der Waals surface area contributed by atoms with E-state index in [1.807, 2.05) is 27.3 Å². The van der Waals surface area contributed by atoms with Crippen molar-refractivity contribution in [3.05, 3.63) is 22.4 Å². The van der Waals surface area contributed by atoms with Crippen molar-refractivity contribution in [2.24, 2.45) is 5.92 Å². The van der Waals surface area contributed by atoms with Crippen molar-refractivity contribution in [1.82, 2.24) is 15.1 Å². The Balaban J connectivity index is 1.53. The molecule has 2 aliphatic rings. The number of carbonyl (C=O) groups excluding carboxylic acids is 2. The molecule has 2 aliphatic heterocycles. The van der Waals surface area contributed by atoms with E-state index >= 15 is 0 Å². The second-order valence-corrected chi connectivity index (χ2v) is 7.12. The van der Waals surface area contributed by atoms with Crippen molar-refractivity contribution >= 4 is 23.2 Å². The molecule has 0 unspecified atom stereocenters. The molecule has 1 N–H and O–H groups in total. The lowest BCUT2D eigenvalue weighted by atomic mass is 9.92. The molecule has 1 aromatic rings. The van der Waals surface area contributed by atoms with Gasteiger partial charge in [-0.2, -0.15) is 0 Å². The molecule has 1 aromatic heterocycles. The summed E-state index contributed by atoms with van der Waals surface area (Å²) in [5, 5.41) is 5.31. The summed E-state index contributed by atoms with van der Waals surface area (Å²) in [6, 6.07) is 4.18. The number of rotatable bonds is 2. The fourth-order valence-corrected chi connectivity index (χ4v) is 3.99. The molecule has 0 radical (unpaired) electrons. The standard InChI is InChI=1S/C16H23N3O2S/c1-12-11-13(4-5-17-12)15(20)18-6-8-19(9-7-18)16(21)14-3-2-10-22-14/h2-3,10,12-13,17H,4-9,11H2,1H3/t12-,13-/m0/s1. The molecule has 0 bridgehead atoms. The number of amides is 2. The van der Waals surface area contributed by atoms with Crippen LogP contribution in [0.2, 0.25) is 0 Å². The fourth-order valence-electron chi connectivity index (χ4n) is 3.30. The van der Waals surface area contributed by atoms with Crippen LogP contribution < -0.4 is 5.32 Å². The van der Waals surface area contributed by atoms with Gasteiger partial charge in [-0.15, -0.1) is 11.3 Å². The Kier molecular flexibility index (Phi) is 4.78. The number of piperidine rings is 1. The first kappa shape index (κ1) is 15.5. The van der Waals surface area contributed by atoms with Crippen LogP contribution in [-0.4, -0.2) is 60.4 Å². The first-order valence-electron chi connectivity index (χ1n) is 8.00. The molecule has 5 nitrogen and oxygen atoms in total. The molecule has 22 heavy (non-hydrogen) atoms. The van der Waals surface area contributed by atoms with Gasteiger partial charge >= 0.3 is 0 Å². The lowest BCUT2D eigenvalue weighted by Gasteiger charge is -2.37. The molecular formula is C16H23N3O2S. The summed E-state index contributed by atoms with van der Waals surface area (Å²) in [7, 11) is 0. The van der Waals surface area contributed by atoms with Crippen LogP contribution in [0.1, 0.15) is 29.4 Å². The van der Waals surface area contributed by atoms with Gasteiger partial charge in [-0.25, -0.2) is 0 Å². The van der Waals surface area contributed by atoms with Crippen molar-refractivity contribution < 1.29 is 9.59 Å². The summed E-state index contributed by atoms with van der Waals surface area (Å²) in [5.74, 6) is 0.518. The zero-order valence-corrected chi connectivity index (χ0v) is 13.8. The molecule has 120 valence electrons. The summed E-state index contributed by atoms with van der Waals surface area (Å²) in [4.78, 5) is 29.5.